The molecule has 4 nitrogen and oxygen atoms in total. The van der Waals surface area contributed by atoms with Gasteiger partial charge in [-0.15, -0.1) is 0 Å². The van der Waals surface area contributed by atoms with Crippen LogP contribution in [0.3, 0.4) is 0 Å². The number of nitrogens with two attached hydrogens (primary N) is 1. The Hall–Kier alpha value is -1.26. The van der Waals surface area contributed by atoms with Crippen LogP contribution in [0.1, 0.15) is 29.6 Å². The van der Waals surface area contributed by atoms with Crippen LogP contribution in [0.2, 0.25) is 5.02 Å². The standard InChI is InChI=1S/C14H20ClN3O/c15-12-10-11(4-5-13(12)16)14(19)17-6-3-9-18-7-1-2-8-18/h4-5,10H,1-3,6-9,16H2,(H,17,19). The van der Waals surface area contributed by atoms with Gasteiger partial charge in [-0.25, -0.2) is 0 Å². The minimum Gasteiger partial charge on any atom is -0.398 e. The average molecular weight is 282 g/mol. The Labute approximate surface area is 118 Å². The zero-order chi connectivity index (χ0) is 13.7. The fourth-order valence-electron chi connectivity index (χ4n) is 2.28. The number of hydrogen-bond donors (Lipinski definition) is 2. The highest BCUT2D eigenvalue weighted by Gasteiger charge is 2.11. The van der Waals surface area contributed by atoms with Gasteiger partial charge >= 0.3 is 0 Å². The van der Waals surface area contributed by atoms with Crippen LogP contribution in [-0.2, 0) is 0 Å². The first-order valence-corrected chi connectivity index (χ1v) is 7.10. The minimum atomic E-state index is -0.0941. The van der Waals surface area contributed by atoms with Crippen molar-refractivity contribution >= 4 is 23.2 Å². The summed E-state index contributed by atoms with van der Waals surface area (Å²) in [5.74, 6) is -0.0941. The number of benzene rings is 1. The van der Waals surface area contributed by atoms with Crippen LogP contribution in [0.5, 0.6) is 0 Å². The number of nitrogens with zero attached hydrogens (tertiary/aromatic N) is 1. The minimum absolute atomic E-state index is 0.0941. The van der Waals surface area contributed by atoms with Crippen molar-refractivity contribution in [3.63, 3.8) is 0 Å². The molecule has 1 aromatic rings. The summed E-state index contributed by atoms with van der Waals surface area (Å²) in [6.07, 6.45) is 3.58. The second-order valence-corrected chi connectivity index (χ2v) is 5.30. The largest absolute Gasteiger partial charge is 0.398 e. The average Bonchev–Trinajstić information content (AvgIpc) is 2.91. The fraction of sp³-hybridized carbons (Fsp3) is 0.500. The fourth-order valence-corrected chi connectivity index (χ4v) is 2.46. The molecule has 3 N–H and O–H groups in total. The third-order valence-electron chi connectivity index (χ3n) is 3.40. The molecule has 1 fully saturated rings. The molecular weight excluding hydrogens is 262 g/mol. The number of halogens is 1. The molecule has 1 aliphatic rings. The summed E-state index contributed by atoms with van der Waals surface area (Å²) >= 11 is 5.89. The van der Waals surface area contributed by atoms with Crippen molar-refractivity contribution in [1.29, 1.82) is 0 Å². The van der Waals surface area contributed by atoms with Crippen molar-refractivity contribution < 1.29 is 4.79 Å². The summed E-state index contributed by atoms with van der Waals surface area (Å²) in [6, 6.07) is 4.95. The molecule has 2 rings (SSSR count). The van der Waals surface area contributed by atoms with Gasteiger partial charge in [0.2, 0.25) is 0 Å². The third kappa shape index (κ3) is 4.11. The van der Waals surface area contributed by atoms with Crippen molar-refractivity contribution in [2.75, 3.05) is 31.9 Å². The summed E-state index contributed by atoms with van der Waals surface area (Å²) in [4.78, 5) is 14.3. The lowest BCUT2D eigenvalue weighted by atomic mass is 10.2. The van der Waals surface area contributed by atoms with E-state index in [-0.39, 0.29) is 5.91 Å². The molecule has 0 aromatic heterocycles. The van der Waals surface area contributed by atoms with E-state index in [0.717, 1.165) is 13.0 Å². The first-order valence-electron chi connectivity index (χ1n) is 6.72. The van der Waals surface area contributed by atoms with Crippen LogP contribution < -0.4 is 11.1 Å². The summed E-state index contributed by atoms with van der Waals surface area (Å²) in [6.45, 7) is 4.14. The number of carbonyl (C=O) groups excluding carboxylic acids is 1. The van der Waals surface area contributed by atoms with Gasteiger partial charge < -0.3 is 16.0 Å². The van der Waals surface area contributed by atoms with Gasteiger partial charge in [-0.3, -0.25) is 4.79 Å². The Morgan fingerprint density at radius 2 is 2.11 bits per heavy atom. The van der Waals surface area contributed by atoms with E-state index in [1.807, 2.05) is 0 Å². The third-order valence-corrected chi connectivity index (χ3v) is 3.73. The van der Waals surface area contributed by atoms with Gasteiger partial charge in [0.05, 0.1) is 10.7 Å². The molecule has 104 valence electrons. The Bertz CT molecular complexity index is 444. The molecule has 1 aromatic carbocycles. The van der Waals surface area contributed by atoms with Gasteiger partial charge in [-0.2, -0.15) is 0 Å². The zero-order valence-corrected chi connectivity index (χ0v) is 11.7. The van der Waals surface area contributed by atoms with Gasteiger partial charge in [0.15, 0.2) is 0 Å². The number of anilines is 1. The molecule has 1 heterocycles. The van der Waals surface area contributed by atoms with E-state index in [4.69, 9.17) is 17.3 Å². The molecule has 0 spiro atoms. The van der Waals surface area contributed by atoms with Crippen LogP contribution in [0, 0.1) is 0 Å². The first kappa shape index (κ1) is 14.2. The molecule has 1 aliphatic heterocycles. The number of nitrogen functional groups attached to an aromatic ring is 1. The maximum absolute atomic E-state index is 11.9. The summed E-state index contributed by atoms with van der Waals surface area (Å²) < 4.78 is 0. The molecule has 0 bridgehead atoms. The Kier molecular flexibility index (Phi) is 5.05. The topological polar surface area (TPSA) is 58.4 Å². The van der Waals surface area contributed by atoms with E-state index in [0.29, 0.717) is 22.8 Å². The molecule has 0 unspecified atom stereocenters. The second kappa shape index (κ2) is 6.78. The number of likely N-dealkylation sites (tertiary alicyclic amines) is 1. The van der Waals surface area contributed by atoms with Crippen molar-refractivity contribution in [3.8, 4) is 0 Å². The van der Waals surface area contributed by atoms with Gasteiger partial charge in [-0.1, -0.05) is 11.6 Å². The Morgan fingerprint density at radius 3 is 2.79 bits per heavy atom. The summed E-state index contributed by atoms with van der Waals surface area (Å²) in [7, 11) is 0. The molecule has 0 saturated carbocycles. The van der Waals surface area contributed by atoms with Gasteiger partial charge in [0.1, 0.15) is 0 Å². The maximum Gasteiger partial charge on any atom is 0.251 e. The smallest absolute Gasteiger partial charge is 0.251 e. The van der Waals surface area contributed by atoms with Crippen molar-refractivity contribution in [2.24, 2.45) is 0 Å². The molecule has 1 saturated heterocycles. The van der Waals surface area contributed by atoms with Crippen LogP contribution >= 0.6 is 11.6 Å². The van der Waals surface area contributed by atoms with E-state index in [9.17, 15) is 4.79 Å². The van der Waals surface area contributed by atoms with E-state index in [1.54, 1.807) is 18.2 Å². The van der Waals surface area contributed by atoms with E-state index < -0.39 is 0 Å². The monoisotopic (exact) mass is 281 g/mol. The normalized spacial score (nSPS) is 15.6. The predicted octanol–water partition coefficient (Wildman–Crippen LogP) is 2.14. The lowest BCUT2D eigenvalue weighted by Crippen LogP contribution is -2.28. The number of hydrogen-bond acceptors (Lipinski definition) is 3. The van der Waals surface area contributed by atoms with E-state index >= 15 is 0 Å². The van der Waals surface area contributed by atoms with Gasteiger partial charge in [-0.05, 0) is 57.1 Å². The SMILES string of the molecule is Nc1ccc(C(=O)NCCCN2CCCC2)cc1Cl. The zero-order valence-electron chi connectivity index (χ0n) is 11.0. The molecule has 5 heteroatoms. The maximum atomic E-state index is 11.9. The van der Waals surface area contributed by atoms with Crippen LogP contribution in [0.25, 0.3) is 0 Å². The molecule has 0 radical (unpaired) electrons. The summed E-state index contributed by atoms with van der Waals surface area (Å²) in [5, 5.41) is 3.33. The first-order chi connectivity index (χ1) is 9.16. The van der Waals surface area contributed by atoms with Crippen LogP contribution in [0.4, 0.5) is 5.69 Å². The van der Waals surface area contributed by atoms with Gasteiger partial charge in [0, 0.05) is 12.1 Å². The number of carbonyl (C=O) groups is 1. The predicted molar refractivity (Wildman–Crippen MR) is 78.5 cm³/mol. The van der Waals surface area contributed by atoms with Crippen molar-refractivity contribution in [2.45, 2.75) is 19.3 Å². The number of nitrogens with one attached hydrogen (secondary N) is 1. The number of rotatable bonds is 5. The quantitative estimate of drug-likeness (QED) is 0.642. The van der Waals surface area contributed by atoms with Crippen molar-refractivity contribution in [3.05, 3.63) is 28.8 Å². The van der Waals surface area contributed by atoms with E-state index in [1.165, 1.54) is 25.9 Å². The van der Waals surface area contributed by atoms with Crippen LogP contribution in [-0.4, -0.2) is 37.0 Å². The molecule has 0 atom stereocenters. The molecule has 0 aliphatic carbocycles. The van der Waals surface area contributed by atoms with Crippen LogP contribution in [0.15, 0.2) is 18.2 Å². The highest BCUT2D eigenvalue weighted by molar-refractivity contribution is 6.33. The molecule has 1 amide bonds. The van der Waals surface area contributed by atoms with Gasteiger partial charge in [0.25, 0.3) is 5.91 Å². The lowest BCUT2D eigenvalue weighted by Gasteiger charge is -2.14. The Balaban J connectivity index is 1.72. The Morgan fingerprint density at radius 1 is 1.37 bits per heavy atom. The van der Waals surface area contributed by atoms with E-state index in [2.05, 4.69) is 10.2 Å². The summed E-state index contributed by atoms with van der Waals surface area (Å²) in [5.41, 5.74) is 6.66. The second-order valence-electron chi connectivity index (χ2n) is 4.89. The number of amides is 1. The molecular formula is C14H20ClN3O. The highest BCUT2D eigenvalue weighted by Crippen LogP contribution is 2.19. The lowest BCUT2D eigenvalue weighted by molar-refractivity contribution is 0.0952. The highest BCUT2D eigenvalue weighted by atomic mass is 35.5. The van der Waals surface area contributed by atoms with Crippen molar-refractivity contribution in [1.82, 2.24) is 10.2 Å². The molecule has 19 heavy (non-hydrogen) atoms.